The van der Waals surface area contributed by atoms with Crippen LogP contribution in [-0.4, -0.2) is 33.3 Å². The highest BCUT2D eigenvalue weighted by Gasteiger charge is 1.99. The number of aliphatic imine (C=N–C) groups is 1. The molecule has 24 heavy (non-hydrogen) atoms. The Morgan fingerprint density at radius 3 is 2.29 bits per heavy atom. The van der Waals surface area contributed by atoms with Gasteiger partial charge in [0, 0.05) is 13.6 Å². The predicted molar refractivity (Wildman–Crippen MR) is 109 cm³/mol. The van der Waals surface area contributed by atoms with E-state index in [1.165, 1.54) is 0 Å². The minimum atomic E-state index is 0. The zero-order valence-corrected chi connectivity index (χ0v) is 16.3. The number of guanidine groups is 1. The SMILES string of the molecule is CN=C(NCCOc1ccccc1)NCc1ccc(OC)cc1.I. The number of methoxy groups -OCH3 is 1. The summed E-state index contributed by atoms with van der Waals surface area (Å²) in [5, 5.41) is 6.49. The van der Waals surface area contributed by atoms with Gasteiger partial charge in [0.2, 0.25) is 0 Å². The summed E-state index contributed by atoms with van der Waals surface area (Å²) in [6.45, 7) is 1.95. The molecule has 0 unspecified atom stereocenters. The third-order valence-corrected chi connectivity index (χ3v) is 3.25. The van der Waals surface area contributed by atoms with Crippen molar-refractivity contribution in [1.82, 2.24) is 10.6 Å². The lowest BCUT2D eigenvalue weighted by Crippen LogP contribution is -2.38. The third-order valence-electron chi connectivity index (χ3n) is 3.25. The number of nitrogens with one attached hydrogen (secondary N) is 2. The van der Waals surface area contributed by atoms with E-state index in [1.807, 2.05) is 54.6 Å². The molecule has 2 N–H and O–H groups in total. The number of hydrogen-bond acceptors (Lipinski definition) is 3. The molecule has 6 heteroatoms. The van der Waals surface area contributed by atoms with Crippen molar-refractivity contribution in [3.05, 3.63) is 60.2 Å². The Labute approximate surface area is 160 Å². The molecule has 0 atom stereocenters. The zero-order valence-electron chi connectivity index (χ0n) is 14.0. The van der Waals surface area contributed by atoms with Gasteiger partial charge in [-0.15, -0.1) is 24.0 Å². The average molecular weight is 441 g/mol. The van der Waals surface area contributed by atoms with Gasteiger partial charge in [-0.25, -0.2) is 0 Å². The molecule has 0 fully saturated rings. The van der Waals surface area contributed by atoms with Crippen LogP contribution in [0.3, 0.4) is 0 Å². The third kappa shape index (κ3) is 7.08. The Bertz CT molecular complexity index is 603. The van der Waals surface area contributed by atoms with Crippen LogP contribution in [-0.2, 0) is 6.54 Å². The first-order valence-electron chi connectivity index (χ1n) is 7.57. The van der Waals surface area contributed by atoms with Crippen LogP contribution in [0.15, 0.2) is 59.6 Å². The minimum Gasteiger partial charge on any atom is -0.497 e. The monoisotopic (exact) mass is 441 g/mol. The largest absolute Gasteiger partial charge is 0.497 e. The normalized spacial score (nSPS) is 10.5. The lowest BCUT2D eigenvalue weighted by Gasteiger charge is -2.12. The van der Waals surface area contributed by atoms with Crippen molar-refractivity contribution in [3.63, 3.8) is 0 Å². The molecule has 0 radical (unpaired) electrons. The van der Waals surface area contributed by atoms with E-state index >= 15 is 0 Å². The van der Waals surface area contributed by atoms with Crippen molar-refractivity contribution in [2.75, 3.05) is 27.3 Å². The summed E-state index contributed by atoms with van der Waals surface area (Å²) in [4.78, 5) is 4.20. The molecule has 2 rings (SSSR count). The quantitative estimate of drug-likeness (QED) is 0.300. The Kier molecular flexibility index (Phi) is 9.67. The Morgan fingerprint density at radius 2 is 1.67 bits per heavy atom. The lowest BCUT2D eigenvalue weighted by atomic mass is 10.2. The van der Waals surface area contributed by atoms with Crippen LogP contribution in [0, 0.1) is 0 Å². The maximum Gasteiger partial charge on any atom is 0.191 e. The van der Waals surface area contributed by atoms with Gasteiger partial charge in [-0.2, -0.15) is 0 Å². The Morgan fingerprint density at radius 1 is 0.958 bits per heavy atom. The number of para-hydroxylation sites is 1. The number of nitrogens with zero attached hydrogens (tertiary/aromatic N) is 1. The van der Waals surface area contributed by atoms with Gasteiger partial charge in [-0.05, 0) is 29.8 Å². The van der Waals surface area contributed by atoms with Gasteiger partial charge in [-0.3, -0.25) is 4.99 Å². The van der Waals surface area contributed by atoms with Crippen LogP contribution in [0.2, 0.25) is 0 Å². The molecular formula is C18H24IN3O2. The summed E-state index contributed by atoms with van der Waals surface area (Å²) < 4.78 is 10.8. The molecule has 130 valence electrons. The van der Waals surface area contributed by atoms with Crippen LogP contribution in [0.1, 0.15) is 5.56 Å². The van der Waals surface area contributed by atoms with Gasteiger partial charge in [0.1, 0.15) is 18.1 Å². The van der Waals surface area contributed by atoms with Gasteiger partial charge < -0.3 is 20.1 Å². The van der Waals surface area contributed by atoms with Gasteiger partial charge in [0.25, 0.3) is 0 Å². The fraction of sp³-hybridized carbons (Fsp3) is 0.278. The van der Waals surface area contributed by atoms with E-state index in [9.17, 15) is 0 Å². The molecular weight excluding hydrogens is 417 g/mol. The highest BCUT2D eigenvalue weighted by molar-refractivity contribution is 14.0. The number of ether oxygens (including phenoxy) is 2. The van der Waals surface area contributed by atoms with E-state index in [-0.39, 0.29) is 24.0 Å². The maximum atomic E-state index is 5.63. The smallest absolute Gasteiger partial charge is 0.191 e. The van der Waals surface area contributed by atoms with E-state index in [0.29, 0.717) is 19.7 Å². The molecule has 0 saturated heterocycles. The standard InChI is InChI=1S/C18H23N3O2.HI/c1-19-18(20-12-13-23-17-6-4-3-5-7-17)21-14-15-8-10-16(22-2)11-9-15;/h3-11H,12-14H2,1-2H3,(H2,19,20,21);1H. The van der Waals surface area contributed by atoms with Crippen molar-refractivity contribution in [3.8, 4) is 11.5 Å². The van der Waals surface area contributed by atoms with E-state index in [0.717, 1.165) is 23.0 Å². The van der Waals surface area contributed by atoms with Crippen molar-refractivity contribution in [2.24, 2.45) is 4.99 Å². The average Bonchev–Trinajstić information content (AvgIpc) is 2.62. The summed E-state index contributed by atoms with van der Waals surface area (Å²) in [6, 6.07) is 17.7. The van der Waals surface area contributed by atoms with Crippen molar-refractivity contribution >= 4 is 29.9 Å². The topological polar surface area (TPSA) is 54.9 Å². The van der Waals surface area contributed by atoms with Crippen LogP contribution in [0.25, 0.3) is 0 Å². The molecule has 0 aliphatic heterocycles. The summed E-state index contributed by atoms with van der Waals surface area (Å²) in [5.74, 6) is 2.47. The second-order valence-electron chi connectivity index (χ2n) is 4.86. The Balaban J connectivity index is 0.00000288. The first-order chi connectivity index (χ1) is 11.3. The molecule has 0 aromatic heterocycles. The molecule has 0 saturated carbocycles. The van der Waals surface area contributed by atoms with Crippen LogP contribution in [0.5, 0.6) is 11.5 Å². The molecule has 0 amide bonds. The lowest BCUT2D eigenvalue weighted by molar-refractivity contribution is 0.322. The van der Waals surface area contributed by atoms with Crippen LogP contribution in [0.4, 0.5) is 0 Å². The highest BCUT2D eigenvalue weighted by atomic mass is 127. The predicted octanol–water partition coefficient (Wildman–Crippen LogP) is 3.06. The van der Waals surface area contributed by atoms with Crippen LogP contribution < -0.4 is 20.1 Å². The van der Waals surface area contributed by atoms with Crippen LogP contribution >= 0.6 is 24.0 Å². The number of rotatable bonds is 7. The first-order valence-corrected chi connectivity index (χ1v) is 7.57. The molecule has 0 bridgehead atoms. The summed E-state index contributed by atoms with van der Waals surface area (Å²) in [7, 11) is 3.41. The summed E-state index contributed by atoms with van der Waals surface area (Å²) >= 11 is 0. The second-order valence-corrected chi connectivity index (χ2v) is 4.86. The fourth-order valence-electron chi connectivity index (χ4n) is 2.00. The highest BCUT2D eigenvalue weighted by Crippen LogP contribution is 2.10. The molecule has 0 heterocycles. The van der Waals surface area contributed by atoms with E-state index < -0.39 is 0 Å². The van der Waals surface area contributed by atoms with Gasteiger partial charge in [-0.1, -0.05) is 30.3 Å². The molecule has 0 aliphatic carbocycles. The number of hydrogen-bond donors (Lipinski definition) is 2. The molecule has 2 aromatic carbocycles. The summed E-state index contributed by atoms with van der Waals surface area (Å²) in [6.07, 6.45) is 0. The van der Waals surface area contributed by atoms with Crippen molar-refractivity contribution < 1.29 is 9.47 Å². The number of halogens is 1. The van der Waals surface area contributed by atoms with Crippen molar-refractivity contribution in [1.29, 1.82) is 0 Å². The Hall–Kier alpha value is -1.96. The maximum absolute atomic E-state index is 5.63. The molecule has 5 nitrogen and oxygen atoms in total. The summed E-state index contributed by atoms with van der Waals surface area (Å²) in [5.41, 5.74) is 1.16. The first kappa shape index (κ1) is 20.1. The van der Waals surface area contributed by atoms with E-state index in [1.54, 1.807) is 14.2 Å². The zero-order chi connectivity index (χ0) is 16.3. The molecule has 0 spiro atoms. The fourth-order valence-corrected chi connectivity index (χ4v) is 2.00. The van der Waals surface area contributed by atoms with Crippen molar-refractivity contribution in [2.45, 2.75) is 6.54 Å². The minimum absolute atomic E-state index is 0. The molecule has 0 aliphatic rings. The van der Waals surface area contributed by atoms with Gasteiger partial charge >= 0.3 is 0 Å². The van der Waals surface area contributed by atoms with Gasteiger partial charge in [0.15, 0.2) is 5.96 Å². The second kappa shape index (κ2) is 11.6. The molecule has 2 aromatic rings. The van der Waals surface area contributed by atoms with Gasteiger partial charge in [0.05, 0.1) is 13.7 Å². The van der Waals surface area contributed by atoms with E-state index in [4.69, 9.17) is 9.47 Å². The number of benzene rings is 2. The van der Waals surface area contributed by atoms with E-state index in [2.05, 4.69) is 15.6 Å².